The highest BCUT2D eigenvalue weighted by Crippen LogP contribution is 2.29. The summed E-state index contributed by atoms with van der Waals surface area (Å²) < 4.78 is 21.9. The number of rotatable bonds is 14. The van der Waals surface area contributed by atoms with Gasteiger partial charge in [-0.1, -0.05) is 18.2 Å². The van der Waals surface area contributed by atoms with Crippen molar-refractivity contribution in [3.8, 4) is 23.0 Å². The lowest BCUT2D eigenvalue weighted by Gasteiger charge is -2.17. The molecular formula is C33H34N4O8. The summed E-state index contributed by atoms with van der Waals surface area (Å²) in [6.45, 7) is 0.191. The van der Waals surface area contributed by atoms with Crippen LogP contribution in [0.4, 0.5) is 17.1 Å². The third-order valence-electron chi connectivity index (χ3n) is 6.91. The smallest absolute Gasteiger partial charge is 0.271 e. The Kier molecular flexibility index (Phi) is 10.9. The van der Waals surface area contributed by atoms with Crippen LogP contribution in [0.25, 0.3) is 0 Å². The molecule has 0 saturated heterocycles. The number of amides is 2. The van der Waals surface area contributed by atoms with Gasteiger partial charge in [0.15, 0.2) is 0 Å². The Labute approximate surface area is 260 Å². The van der Waals surface area contributed by atoms with Crippen LogP contribution in [0, 0.1) is 10.1 Å². The maximum absolute atomic E-state index is 13.5. The number of hydrogen-bond acceptors (Lipinski definition) is 9. The van der Waals surface area contributed by atoms with Gasteiger partial charge in [0.05, 0.1) is 49.7 Å². The van der Waals surface area contributed by atoms with Crippen LogP contribution in [0.15, 0.2) is 84.9 Å². The first-order valence-corrected chi connectivity index (χ1v) is 14.0. The summed E-state index contributed by atoms with van der Waals surface area (Å²) in [4.78, 5) is 37.6. The van der Waals surface area contributed by atoms with E-state index in [-0.39, 0.29) is 40.9 Å². The molecule has 0 aromatic heterocycles. The molecule has 0 aliphatic heterocycles. The van der Waals surface area contributed by atoms with Crippen molar-refractivity contribution in [1.82, 2.24) is 0 Å². The Balaban J connectivity index is 1.52. The van der Waals surface area contributed by atoms with E-state index < -0.39 is 16.7 Å². The van der Waals surface area contributed by atoms with Crippen molar-refractivity contribution in [3.05, 3.63) is 112 Å². The zero-order valence-corrected chi connectivity index (χ0v) is 25.1. The van der Waals surface area contributed by atoms with Crippen LogP contribution in [0.1, 0.15) is 32.7 Å². The van der Waals surface area contributed by atoms with Crippen molar-refractivity contribution in [2.75, 3.05) is 38.6 Å². The lowest BCUT2D eigenvalue weighted by molar-refractivity contribution is -0.384. The molecule has 0 aliphatic rings. The number of non-ortho nitro benzene ring substituents is 1. The second-order valence-corrected chi connectivity index (χ2v) is 9.90. The minimum absolute atomic E-state index is 0.0167. The molecule has 4 N–H and O–H groups in total. The predicted octanol–water partition coefficient (Wildman–Crippen LogP) is 5.46. The number of nitrogens with zero attached hydrogens (tertiary/aromatic N) is 1. The van der Waals surface area contributed by atoms with Crippen LogP contribution in [-0.4, -0.2) is 50.7 Å². The van der Waals surface area contributed by atoms with Crippen molar-refractivity contribution in [3.63, 3.8) is 0 Å². The minimum Gasteiger partial charge on any atom is -0.497 e. The molecule has 1 atom stereocenters. The molecule has 45 heavy (non-hydrogen) atoms. The van der Waals surface area contributed by atoms with Crippen molar-refractivity contribution < 1.29 is 33.5 Å². The summed E-state index contributed by atoms with van der Waals surface area (Å²) in [7, 11) is 4.61. The number of carbonyl (C=O) groups excluding carboxylic acids is 2. The van der Waals surface area contributed by atoms with Crippen LogP contribution >= 0.6 is 0 Å². The zero-order chi connectivity index (χ0) is 32.3. The second kappa shape index (κ2) is 15.2. The lowest BCUT2D eigenvalue weighted by atomic mass is 10.0. The molecule has 234 valence electrons. The van der Waals surface area contributed by atoms with Gasteiger partial charge in [0, 0.05) is 29.9 Å². The number of carbonyl (C=O) groups is 2. The number of ether oxygens (including phenoxy) is 4. The Morgan fingerprint density at radius 2 is 1.47 bits per heavy atom. The van der Waals surface area contributed by atoms with E-state index in [0.29, 0.717) is 30.0 Å². The Morgan fingerprint density at radius 1 is 0.800 bits per heavy atom. The number of para-hydroxylation sites is 1. The first-order valence-electron chi connectivity index (χ1n) is 14.0. The van der Waals surface area contributed by atoms with Gasteiger partial charge in [-0.25, -0.2) is 0 Å². The number of benzene rings is 4. The predicted molar refractivity (Wildman–Crippen MR) is 170 cm³/mol. The van der Waals surface area contributed by atoms with Gasteiger partial charge in [0.2, 0.25) is 0 Å². The number of methoxy groups -OCH3 is 3. The minimum atomic E-state index is -0.648. The molecule has 2 amide bonds. The van der Waals surface area contributed by atoms with Crippen LogP contribution in [0.2, 0.25) is 0 Å². The van der Waals surface area contributed by atoms with Crippen molar-refractivity contribution in [2.45, 2.75) is 18.9 Å². The number of anilines is 2. The van der Waals surface area contributed by atoms with Gasteiger partial charge in [-0.2, -0.15) is 0 Å². The van der Waals surface area contributed by atoms with E-state index in [0.717, 1.165) is 17.4 Å². The summed E-state index contributed by atoms with van der Waals surface area (Å²) in [5.41, 5.74) is 7.58. The Hall–Kier alpha value is -5.62. The highest BCUT2D eigenvalue weighted by molar-refractivity contribution is 6.13. The standard InChI is InChI=1S/C33H34N4O8/c1-42-25-11-8-23(9-12-25)35-32(38)27-14-10-24(37(40)41)19-29(27)36-33(39)28-15-13-26(43-2)20-31(28)45-17-16-22(34)18-21-6-4-5-7-30(21)44-3/h4-15,19-20,22H,16-18,34H2,1-3H3,(H,35,38)(H,36,39). The van der Waals surface area contributed by atoms with E-state index in [4.69, 9.17) is 24.7 Å². The number of nitrogens with two attached hydrogens (primary N) is 1. The van der Waals surface area contributed by atoms with Gasteiger partial charge in [-0.15, -0.1) is 0 Å². The summed E-state index contributed by atoms with van der Waals surface area (Å²) in [6, 6.07) is 22.2. The number of hydrogen-bond donors (Lipinski definition) is 3. The molecule has 0 heterocycles. The molecule has 0 radical (unpaired) electrons. The first-order chi connectivity index (χ1) is 21.7. The SMILES string of the molecule is COc1ccc(NC(=O)c2ccc([N+](=O)[O-])cc2NC(=O)c2ccc(OC)cc2OCCC(N)Cc2ccccc2OC)cc1. The average molecular weight is 615 g/mol. The maximum Gasteiger partial charge on any atom is 0.271 e. The molecule has 1 unspecified atom stereocenters. The average Bonchev–Trinajstić information content (AvgIpc) is 3.05. The van der Waals surface area contributed by atoms with Crippen molar-refractivity contribution in [2.24, 2.45) is 5.73 Å². The molecule has 4 aromatic rings. The van der Waals surface area contributed by atoms with Gasteiger partial charge in [0.1, 0.15) is 23.0 Å². The topological polar surface area (TPSA) is 164 Å². The number of nitro groups is 1. The second-order valence-electron chi connectivity index (χ2n) is 9.90. The van der Waals surface area contributed by atoms with Crippen molar-refractivity contribution in [1.29, 1.82) is 0 Å². The van der Waals surface area contributed by atoms with E-state index >= 15 is 0 Å². The fourth-order valence-corrected chi connectivity index (χ4v) is 4.52. The molecular weight excluding hydrogens is 580 g/mol. The fraction of sp³-hybridized carbons (Fsp3) is 0.212. The fourth-order valence-electron chi connectivity index (χ4n) is 4.52. The van der Waals surface area contributed by atoms with Gasteiger partial charge in [-0.3, -0.25) is 19.7 Å². The molecule has 0 bridgehead atoms. The van der Waals surface area contributed by atoms with Gasteiger partial charge < -0.3 is 35.3 Å². The molecule has 0 fully saturated rings. The van der Waals surface area contributed by atoms with E-state index in [1.807, 2.05) is 24.3 Å². The maximum atomic E-state index is 13.5. The third-order valence-corrected chi connectivity index (χ3v) is 6.91. The summed E-state index contributed by atoms with van der Waals surface area (Å²) in [5.74, 6) is 0.789. The van der Waals surface area contributed by atoms with Crippen LogP contribution in [0.3, 0.4) is 0 Å². The summed E-state index contributed by atoms with van der Waals surface area (Å²) in [6.07, 6.45) is 1.03. The third kappa shape index (κ3) is 8.48. The largest absolute Gasteiger partial charge is 0.497 e. The molecule has 12 nitrogen and oxygen atoms in total. The Morgan fingerprint density at radius 3 is 2.16 bits per heavy atom. The van der Waals surface area contributed by atoms with Crippen LogP contribution in [-0.2, 0) is 6.42 Å². The number of nitrogens with one attached hydrogen (secondary N) is 2. The molecule has 12 heteroatoms. The molecule has 0 aliphatic carbocycles. The van der Waals surface area contributed by atoms with E-state index in [9.17, 15) is 19.7 Å². The van der Waals surface area contributed by atoms with E-state index in [1.165, 1.54) is 32.4 Å². The normalized spacial score (nSPS) is 11.2. The van der Waals surface area contributed by atoms with E-state index in [2.05, 4.69) is 10.6 Å². The zero-order valence-electron chi connectivity index (χ0n) is 25.1. The highest BCUT2D eigenvalue weighted by Gasteiger charge is 2.21. The van der Waals surface area contributed by atoms with Gasteiger partial charge in [0.25, 0.3) is 17.5 Å². The van der Waals surface area contributed by atoms with Crippen molar-refractivity contribution >= 4 is 28.9 Å². The Bertz CT molecular complexity index is 1660. The number of nitro benzene ring substituents is 1. The highest BCUT2D eigenvalue weighted by atomic mass is 16.6. The molecule has 4 aromatic carbocycles. The van der Waals surface area contributed by atoms with E-state index in [1.54, 1.807) is 43.5 Å². The monoisotopic (exact) mass is 614 g/mol. The quantitative estimate of drug-likeness (QED) is 0.123. The van der Waals surface area contributed by atoms with Gasteiger partial charge in [-0.05, 0) is 66.9 Å². The van der Waals surface area contributed by atoms with Crippen LogP contribution < -0.4 is 35.3 Å². The summed E-state index contributed by atoms with van der Waals surface area (Å²) >= 11 is 0. The van der Waals surface area contributed by atoms with Crippen LogP contribution in [0.5, 0.6) is 23.0 Å². The molecule has 4 rings (SSSR count). The molecule has 0 saturated carbocycles. The summed E-state index contributed by atoms with van der Waals surface area (Å²) in [5, 5.41) is 16.9. The lowest BCUT2D eigenvalue weighted by Crippen LogP contribution is -2.26. The van der Waals surface area contributed by atoms with Gasteiger partial charge >= 0.3 is 0 Å². The first kappa shape index (κ1) is 32.3. The molecule has 0 spiro atoms.